The Labute approximate surface area is 178 Å². The average molecular weight is 431 g/mol. The first kappa shape index (κ1) is 22.0. The van der Waals surface area contributed by atoms with Crippen LogP contribution in [-0.2, 0) is 10.0 Å². The topological polar surface area (TPSA) is 104 Å². The molecule has 0 unspecified atom stereocenters. The minimum absolute atomic E-state index is 0.0645. The molecule has 162 valence electrons. The molecule has 8 nitrogen and oxygen atoms in total. The molecule has 3 rings (SSSR count). The fourth-order valence-electron chi connectivity index (χ4n) is 3.31. The summed E-state index contributed by atoms with van der Waals surface area (Å²) >= 11 is 0. The third kappa shape index (κ3) is 5.93. The van der Waals surface area contributed by atoms with E-state index in [0.29, 0.717) is 32.1 Å². The molecule has 2 heterocycles. The van der Waals surface area contributed by atoms with E-state index in [-0.39, 0.29) is 18.3 Å². The Morgan fingerprint density at radius 1 is 1.17 bits per heavy atom. The van der Waals surface area contributed by atoms with Gasteiger partial charge in [-0.25, -0.2) is 13.4 Å². The Kier molecular flexibility index (Phi) is 7.28. The molecule has 1 fully saturated rings. The van der Waals surface area contributed by atoms with Crippen LogP contribution < -0.4 is 16.0 Å². The molecule has 0 radical (unpaired) electrons. The normalized spacial score (nSPS) is 16.1. The number of aromatic nitrogens is 1. The molecule has 1 aliphatic rings. The summed E-state index contributed by atoms with van der Waals surface area (Å²) in [5.41, 5.74) is 7.98. The van der Waals surface area contributed by atoms with Gasteiger partial charge in [-0.1, -0.05) is 32.0 Å². The van der Waals surface area contributed by atoms with E-state index >= 15 is 0 Å². The van der Waals surface area contributed by atoms with Gasteiger partial charge in [0.05, 0.1) is 12.3 Å². The van der Waals surface area contributed by atoms with E-state index in [1.165, 1.54) is 9.87 Å². The first-order valence-corrected chi connectivity index (χ1v) is 11.8. The second kappa shape index (κ2) is 9.90. The van der Waals surface area contributed by atoms with Crippen LogP contribution in [0.15, 0.2) is 53.7 Å². The molecule has 1 aromatic carbocycles. The third-order valence-corrected chi connectivity index (χ3v) is 6.91. The maximum absolute atomic E-state index is 12.6. The van der Waals surface area contributed by atoms with Crippen molar-refractivity contribution in [2.45, 2.75) is 19.8 Å². The van der Waals surface area contributed by atoms with Gasteiger partial charge in [0.1, 0.15) is 5.82 Å². The van der Waals surface area contributed by atoms with Crippen LogP contribution in [0.2, 0.25) is 0 Å². The molecule has 0 saturated carbocycles. The van der Waals surface area contributed by atoms with Crippen molar-refractivity contribution < 1.29 is 8.42 Å². The van der Waals surface area contributed by atoms with Gasteiger partial charge in [0.25, 0.3) is 0 Å². The van der Waals surface area contributed by atoms with Crippen molar-refractivity contribution in [2.75, 3.05) is 48.7 Å². The number of benzene rings is 1. The van der Waals surface area contributed by atoms with Crippen LogP contribution in [0.5, 0.6) is 0 Å². The number of aliphatic imine (C=N–C) groups is 1. The Bertz CT molecular complexity index is 954. The average Bonchev–Trinajstić information content (AvgIpc) is 2.74. The number of nitrogens with zero attached hydrogens (tertiary/aromatic N) is 4. The smallest absolute Gasteiger partial charge is 0.216 e. The zero-order valence-electron chi connectivity index (χ0n) is 17.5. The summed E-state index contributed by atoms with van der Waals surface area (Å²) in [5, 5.41) is 3.03. The number of rotatable bonds is 7. The number of nitrogens with one attached hydrogen (secondary N) is 1. The molecular weight excluding hydrogens is 400 g/mol. The van der Waals surface area contributed by atoms with Crippen LogP contribution in [0.3, 0.4) is 0 Å². The van der Waals surface area contributed by atoms with E-state index in [1.807, 2.05) is 36.4 Å². The van der Waals surface area contributed by atoms with Crippen molar-refractivity contribution in [1.29, 1.82) is 0 Å². The van der Waals surface area contributed by atoms with Gasteiger partial charge in [-0.05, 0) is 35.7 Å². The summed E-state index contributed by atoms with van der Waals surface area (Å²) in [4.78, 5) is 10.6. The number of sulfonamides is 1. The highest BCUT2D eigenvalue weighted by Gasteiger charge is 2.26. The summed E-state index contributed by atoms with van der Waals surface area (Å²) in [6.45, 7) is 6.49. The SMILES string of the molecule is CC(C)c1cccc(NC(N)=NCCS(=O)(=O)N2CCN(c3ccccn3)CC2)c1. The Morgan fingerprint density at radius 2 is 1.93 bits per heavy atom. The van der Waals surface area contributed by atoms with Gasteiger partial charge in [-0.3, -0.25) is 4.99 Å². The lowest BCUT2D eigenvalue weighted by atomic mass is 10.0. The largest absolute Gasteiger partial charge is 0.370 e. The van der Waals surface area contributed by atoms with Gasteiger partial charge in [0, 0.05) is 38.1 Å². The molecule has 0 aliphatic carbocycles. The molecule has 1 aliphatic heterocycles. The second-order valence-corrected chi connectivity index (χ2v) is 9.65. The number of hydrogen-bond acceptors (Lipinski definition) is 5. The van der Waals surface area contributed by atoms with E-state index in [1.54, 1.807) is 6.20 Å². The molecule has 0 bridgehead atoms. The maximum Gasteiger partial charge on any atom is 0.216 e. The Morgan fingerprint density at radius 3 is 2.60 bits per heavy atom. The number of nitrogens with two attached hydrogens (primary N) is 1. The number of hydrogen-bond donors (Lipinski definition) is 2. The summed E-state index contributed by atoms with van der Waals surface area (Å²) in [6, 6.07) is 13.7. The highest BCUT2D eigenvalue weighted by molar-refractivity contribution is 7.89. The lowest BCUT2D eigenvalue weighted by Gasteiger charge is -2.34. The molecule has 0 spiro atoms. The molecule has 3 N–H and O–H groups in total. The van der Waals surface area contributed by atoms with Gasteiger partial charge in [-0.15, -0.1) is 0 Å². The minimum Gasteiger partial charge on any atom is -0.370 e. The Hall–Kier alpha value is -2.65. The zero-order valence-corrected chi connectivity index (χ0v) is 18.3. The number of pyridine rings is 1. The van der Waals surface area contributed by atoms with Crippen LogP contribution >= 0.6 is 0 Å². The first-order chi connectivity index (χ1) is 14.3. The van der Waals surface area contributed by atoms with Crippen LogP contribution in [-0.4, -0.2) is 62.1 Å². The standard InChI is InChI=1S/C21H30N6O2S/c1-17(2)18-6-5-7-19(16-18)25-21(22)24-10-15-30(28,29)27-13-11-26(12-14-27)20-8-3-4-9-23-20/h3-9,16-17H,10-15H2,1-2H3,(H3,22,24,25). The molecule has 0 amide bonds. The van der Waals surface area contributed by atoms with E-state index in [4.69, 9.17) is 5.73 Å². The molecule has 9 heteroatoms. The first-order valence-electron chi connectivity index (χ1n) is 10.2. The van der Waals surface area contributed by atoms with Crippen LogP contribution in [0.4, 0.5) is 11.5 Å². The summed E-state index contributed by atoms with van der Waals surface area (Å²) in [7, 11) is -3.38. The fraction of sp³-hybridized carbons (Fsp3) is 0.429. The highest BCUT2D eigenvalue weighted by Crippen LogP contribution is 2.18. The number of guanidine groups is 1. The molecule has 0 atom stereocenters. The number of piperazine rings is 1. The van der Waals surface area contributed by atoms with E-state index < -0.39 is 10.0 Å². The van der Waals surface area contributed by atoms with E-state index in [9.17, 15) is 8.42 Å². The van der Waals surface area contributed by atoms with Crippen molar-refractivity contribution in [1.82, 2.24) is 9.29 Å². The van der Waals surface area contributed by atoms with Gasteiger partial charge in [-0.2, -0.15) is 4.31 Å². The fourth-order valence-corrected chi connectivity index (χ4v) is 4.61. The van der Waals surface area contributed by atoms with Crippen molar-refractivity contribution in [2.24, 2.45) is 10.7 Å². The van der Waals surface area contributed by atoms with Crippen molar-refractivity contribution in [3.63, 3.8) is 0 Å². The van der Waals surface area contributed by atoms with Crippen LogP contribution in [0.1, 0.15) is 25.3 Å². The summed E-state index contributed by atoms with van der Waals surface area (Å²) < 4.78 is 26.8. The quantitative estimate of drug-likeness (QED) is 0.515. The molecular formula is C21H30N6O2S. The van der Waals surface area contributed by atoms with E-state index in [0.717, 1.165) is 11.5 Å². The second-order valence-electron chi connectivity index (χ2n) is 7.56. The molecule has 1 aromatic heterocycles. The Balaban J connectivity index is 1.49. The number of anilines is 2. The van der Waals surface area contributed by atoms with E-state index in [2.05, 4.69) is 40.1 Å². The van der Waals surface area contributed by atoms with Crippen molar-refractivity contribution in [3.8, 4) is 0 Å². The van der Waals surface area contributed by atoms with Crippen molar-refractivity contribution in [3.05, 3.63) is 54.2 Å². The van der Waals surface area contributed by atoms with Gasteiger partial charge in [0.15, 0.2) is 5.96 Å². The van der Waals surface area contributed by atoms with Gasteiger partial charge < -0.3 is 16.0 Å². The predicted octanol–water partition coefficient (Wildman–Crippen LogP) is 2.08. The lowest BCUT2D eigenvalue weighted by molar-refractivity contribution is 0.384. The van der Waals surface area contributed by atoms with Gasteiger partial charge >= 0.3 is 0 Å². The zero-order chi connectivity index (χ0) is 21.6. The van der Waals surface area contributed by atoms with Crippen LogP contribution in [0.25, 0.3) is 0 Å². The highest BCUT2D eigenvalue weighted by atomic mass is 32.2. The van der Waals surface area contributed by atoms with Gasteiger partial charge in [0.2, 0.25) is 10.0 Å². The molecule has 1 saturated heterocycles. The predicted molar refractivity (Wildman–Crippen MR) is 122 cm³/mol. The summed E-state index contributed by atoms with van der Waals surface area (Å²) in [5.74, 6) is 1.43. The van der Waals surface area contributed by atoms with Crippen LogP contribution in [0, 0.1) is 0 Å². The van der Waals surface area contributed by atoms with Crippen molar-refractivity contribution >= 4 is 27.5 Å². The monoisotopic (exact) mass is 430 g/mol. The third-order valence-electron chi connectivity index (χ3n) is 5.06. The minimum atomic E-state index is -3.38. The summed E-state index contributed by atoms with van der Waals surface area (Å²) in [6.07, 6.45) is 1.74. The molecule has 30 heavy (non-hydrogen) atoms. The molecule has 2 aromatic rings. The lowest BCUT2D eigenvalue weighted by Crippen LogP contribution is -2.49. The maximum atomic E-state index is 12.6.